The normalized spacial score (nSPS) is 32.8. The van der Waals surface area contributed by atoms with E-state index in [0.29, 0.717) is 32.0 Å². The SMILES string of the molecule is COCC(NC(=O)N1C[C@@H]2CCC[C@@]2(C(=O)O)C1)C1CC1. The molecule has 2 N–H and O–H groups in total. The van der Waals surface area contributed by atoms with Crippen LogP contribution in [0.2, 0.25) is 0 Å². The predicted octanol–water partition coefficient (Wildman–Crippen LogP) is 1.31. The second-order valence-electron chi connectivity index (χ2n) is 6.78. The Balaban J connectivity index is 1.62. The number of carbonyl (C=O) groups is 2. The summed E-state index contributed by atoms with van der Waals surface area (Å²) < 4.78 is 5.17. The Morgan fingerprint density at radius 2 is 2.19 bits per heavy atom. The van der Waals surface area contributed by atoms with Gasteiger partial charge in [-0.25, -0.2) is 4.79 Å². The average molecular weight is 296 g/mol. The molecule has 3 fully saturated rings. The number of nitrogens with one attached hydrogen (secondary N) is 1. The molecule has 2 amide bonds. The molecule has 0 aromatic carbocycles. The second-order valence-corrected chi connectivity index (χ2v) is 6.78. The number of amides is 2. The minimum absolute atomic E-state index is 0.0590. The molecule has 0 spiro atoms. The minimum Gasteiger partial charge on any atom is -0.481 e. The highest BCUT2D eigenvalue weighted by molar-refractivity contribution is 5.80. The van der Waals surface area contributed by atoms with Crippen LogP contribution in [0, 0.1) is 17.3 Å². The lowest BCUT2D eigenvalue weighted by atomic mass is 9.81. The van der Waals surface area contributed by atoms with Gasteiger partial charge in [0.2, 0.25) is 0 Å². The molecule has 0 aromatic heterocycles. The van der Waals surface area contributed by atoms with E-state index in [2.05, 4.69) is 5.32 Å². The number of hydrogen-bond donors (Lipinski definition) is 2. The van der Waals surface area contributed by atoms with Gasteiger partial charge in [-0.05, 0) is 37.5 Å². The molecule has 1 saturated heterocycles. The third-order valence-electron chi connectivity index (χ3n) is 5.43. The van der Waals surface area contributed by atoms with Crippen LogP contribution >= 0.6 is 0 Å². The van der Waals surface area contributed by atoms with Crippen LogP contribution in [0.4, 0.5) is 4.79 Å². The number of ether oxygens (including phenoxy) is 1. The first kappa shape index (κ1) is 14.6. The molecule has 2 aliphatic carbocycles. The molecule has 2 saturated carbocycles. The van der Waals surface area contributed by atoms with E-state index in [9.17, 15) is 14.7 Å². The zero-order valence-electron chi connectivity index (χ0n) is 12.5. The molecule has 3 atom stereocenters. The first-order chi connectivity index (χ1) is 10.1. The van der Waals surface area contributed by atoms with E-state index >= 15 is 0 Å². The summed E-state index contributed by atoms with van der Waals surface area (Å²) in [4.78, 5) is 25.8. The van der Waals surface area contributed by atoms with Gasteiger partial charge < -0.3 is 20.1 Å². The monoisotopic (exact) mass is 296 g/mol. The Bertz CT molecular complexity index is 437. The van der Waals surface area contributed by atoms with Crippen molar-refractivity contribution in [2.75, 3.05) is 26.8 Å². The number of carbonyl (C=O) groups excluding carboxylic acids is 1. The molecule has 6 nitrogen and oxygen atoms in total. The van der Waals surface area contributed by atoms with Crippen molar-refractivity contribution >= 4 is 12.0 Å². The van der Waals surface area contributed by atoms with Crippen molar-refractivity contribution in [1.29, 1.82) is 0 Å². The largest absolute Gasteiger partial charge is 0.481 e. The van der Waals surface area contributed by atoms with Crippen molar-refractivity contribution in [3.63, 3.8) is 0 Å². The number of aliphatic carboxylic acids is 1. The van der Waals surface area contributed by atoms with Crippen LogP contribution in [0.3, 0.4) is 0 Å². The fourth-order valence-electron chi connectivity index (χ4n) is 4.02. The van der Waals surface area contributed by atoms with Crippen LogP contribution in [0.1, 0.15) is 32.1 Å². The third kappa shape index (κ3) is 2.61. The van der Waals surface area contributed by atoms with Crippen molar-refractivity contribution in [1.82, 2.24) is 10.2 Å². The van der Waals surface area contributed by atoms with E-state index in [0.717, 1.165) is 25.7 Å². The van der Waals surface area contributed by atoms with Gasteiger partial charge in [0.05, 0.1) is 18.1 Å². The molecule has 6 heteroatoms. The van der Waals surface area contributed by atoms with Gasteiger partial charge >= 0.3 is 12.0 Å². The van der Waals surface area contributed by atoms with E-state index in [1.54, 1.807) is 12.0 Å². The van der Waals surface area contributed by atoms with Gasteiger partial charge in [0.25, 0.3) is 0 Å². The number of rotatable bonds is 5. The Hall–Kier alpha value is -1.30. The lowest BCUT2D eigenvalue weighted by Gasteiger charge is -2.25. The van der Waals surface area contributed by atoms with Crippen LogP contribution in [0.15, 0.2) is 0 Å². The molecule has 0 bridgehead atoms. The van der Waals surface area contributed by atoms with Gasteiger partial charge in [0.15, 0.2) is 0 Å². The number of likely N-dealkylation sites (tertiary alicyclic amines) is 1. The highest BCUT2D eigenvalue weighted by Crippen LogP contribution is 2.48. The molecule has 3 aliphatic rings. The molecule has 21 heavy (non-hydrogen) atoms. The fraction of sp³-hybridized carbons (Fsp3) is 0.867. The number of nitrogens with zero attached hydrogens (tertiary/aromatic N) is 1. The van der Waals surface area contributed by atoms with Crippen molar-refractivity contribution in [2.24, 2.45) is 17.3 Å². The lowest BCUT2D eigenvalue weighted by molar-refractivity contribution is -0.149. The predicted molar refractivity (Wildman–Crippen MR) is 75.9 cm³/mol. The zero-order chi connectivity index (χ0) is 15.0. The summed E-state index contributed by atoms with van der Waals surface area (Å²) in [5, 5.41) is 12.6. The van der Waals surface area contributed by atoms with E-state index in [1.807, 2.05) is 0 Å². The Labute approximate surface area is 124 Å². The van der Waals surface area contributed by atoms with E-state index < -0.39 is 11.4 Å². The summed E-state index contributed by atoms with van der Waals surface area (Å²) in [6.45, 7) is 1.45. The third-order valence-corrected chi connectivity index (χ3v) is 5.43. The highest BCUT2D eigenvalue weighted by atomic mass is 16.5. The zero-order valence-corrected chi connectivity index (χ0v) is 12.5. The first-order valence-corrected chi connectivity index (χ1v) is 7.84. The van der Waals surface area contributed by atoms with Crippen molar-refractivity contribution in [2.45, 2.75) is 38.1 Å². The topological polar surface area (TPSA) is 78.9 Å². The molecule has 3 rings (SSSR count). The highest BCUT2D eigenvalue weighted by Gasteiger charge is 2.56. The number of hydrogen-bond acceptors (Lipinski definition) is 3. The Kier molecular flexibility index (Phi) is 3.82. The van der Waals surface area contributed by atoms with Crippen molar-refractivity contribution < 1.29 is 19.4 Å². The average Bonchev–Trinajstić information content (AvgIpc) is 3.08. The second kappa shape index (κ2) is 5.48. The number of urea groups is 1. The standard InChI is InChI=1S/C15H24N2O4/c1-21-8-12(10-4-5-10)16-14(20)17-7-11-3-2-6-15(11,9-17)13(18)19/h10-12H,2-9H2,1H3,(H,16,20)(H,18,19)/t11-,12?,15+/m0/s1. The maximum absolute atomic E-state index is 12.4. The summed E-state index contributed by atoms with van der Waals surface area (Å²) in [5.74, 6) is -0.108. The van der Waals surface area contributed by atoms with Crippen LogP contribution in [0.25, 0.3) is 0 Å². The van der Waals surface area contributed by atoms with Gasteiger partial charge in [-0.15, -0.1) is 0 Å². The molecule has 1 aliphatic heterocycles. The van der Waals surface area contributed by atoms with Crippen LogP contribution in [-0.2, 0) is 9.53 Å². The fourth-order valence-corrected chi connectivity index (χ4v) is 4.02. The van der Waals surface area contributed by atoms with Crippen LogP contribution in [0.5, 0.6) is 0 Å². The molecule has 118 valence electrons. The summed E-state index contributed by atoms with van der Waals surface area (Å²) in [6, 6.07) is -0.0670. The Morgan fingerprint density at radius 1 is 1.43 bits per heavy atom. The van der Waals surface area contributed by atoms with E-state index in [-0.39, 0.29) is 18.0 Å². The van der Waals surface area contributed by atoms with Gasteiger partial charge in [-0.3, -0.25) is 4.79 Å². The van der Waals surface area contributed by atoms with Gasteiger partial charge in [0, 0.05) is 20.2 Å². The van der Waals surface area contributed by atoms with Gasteiger partial charge in [0.1, 0.15) is 0 Å². The van der Waals surface area contributed by atoms with Gasteiger partial charge in [-0.2, -0.15) is 0 Å². The lowest BCUT2D eigenvalue weighted by Crippen LogP contribution is -2.47. The Morgan fingerprint density at radius 3 is 2.76 bits per heavy atom. The molecular weight excluding hydrogens is 272 g/mol. The summed E-state index contributed by atoms with van der Waals surface area (Å²) in [6.07, 6.45) is 4.84. The van der Waals surface area contributed by atoms with Crippen molar-refractivity contribution in [3.05, 3.63) is 0 Å². The molecule has 0 radical (unpaired) electrons. The summed E-state index contributed by atoms with van der Waals surface area (Å²) in [5.41, 5.74) is -0.701. The van der Waals surface area contributed by atoms with E-state index in [1.165, 1.54) is 0 Å². The number of carboxylic acid groups (broad SMARTS) is 1. The summed E-state index contributed by atoms with van der Waals surface area (Å²) >= 11 is 0. The molecule has 1 unspecified atom stereocenters. The number of carboxylic acids is 1. The summed E-state index contributed by atoms with van der Waals surface area (Å²) in [7, 11) is 1.64. The number of fused-ring (bicyclic) bond motifs is 1. The maximum Gasteiger partial charge on any atom is 0.317 e. The molecule has 0 aromatic rings. The number of methoxy groups -OCH3 is 1. The smallest absolute Gasteiger partial charge is 0.317 e. The molecule has 1 heterocycles. The minimum atomic E-state index is -0.740. The van der Waals surface area contributed by atoms with Gasteiger partial charge in [-0.1, -0.05) is 6.42 Å². The molecular formula is C15H24N2O4. The van der Waals surface area contributed by atoms with E-state index in [4.69, 9.17) is 4.74 Å². The quantitative estimate of drug-likeness (QED) is 0.801. The van der Waals surface area contributed by atoms with Crippen molar-refractivity contribution in [3.8, 4) is 0 Å². The van der Waals surface area contributed by atoms with Crippen LogP contribution < -0.4 is 5.32 Å². The maximum atomic E-state index is 12.4. The van der Waals surface area contributed by atoms with Crippen LogP contribution in [-0.4, -0.2) is 54.9 Å². The first-order valence-electron chi connectivity index (χ1n) is 7.84.